The van der Waals surface area contributed by atoms with E-state index >= 15 is 0 Å². The van der Waals surface area contributed by atoms with Gasteiger partial charge in [-0.1, -0.05) is 33.8 Å². The van der Waals surface area contributed by atoms with Gasteiger partial charge in [0.15, 0.2) is 0 Å². The van der Waals surface area contributed by atoms with Gasteiger partial charge in [0.1, 0.15) is 5.82 Å². The fourth-order valence-corrected chi connectivity index (χ4v) is 2.15. The second-order valence-electron chi connectivity index (χ2n) is 5.84. The van der Waals surface area contributed by atoms with E-state index in [0.717, 1.165) is 25.1 Å². The van der Waals surface area contributed by atoms with Gasteiger partial charge in [-0.05, 0) is 54.5 Å². The predicted octanol–water partition coefficient (Wildman–Crippen LogP) is 3.95. The quantitative estimate of drug-likeness (QED) is 0.807. The van der Waals surface area contributed by atoms with Crippen molar-refractivity contribution in [3.05, 3.63) is 35.1 Å². The summed E-state index contributed by atoms with van der Waals surface area (Å²) >= 11 is 0. The van der Waals surface area contributed by atoms with E-state index in [1.54, 1.807) is 6.07 Å². The maximum atomic E-state index is 13.4. The molecule has 1 unspecified atom stereocenters. The highest BCUT2D eigenvalue weighted by Gasteiger charge is 2.28. The summed E-state index contributed by atoms with van der Waals surface area (Å²) < 4.78 is 13.4. The summed E-state index contributed by atoms with van der Waals surface area (Å²) in [5.74, 6) is 0.421. The third kappa shape index (κ3) is 3.81. The first-order valence-corrected chi connectivity index (χ1v) is 6.85. The highest BCUT2D eigenvalue weighted by atomic mass is 19.1. The average Bonchev–Trinajstić information content (AvgIpc) is 2.31. The first-order valence-electron chi connectivity index (χ1n) is 6.85. The van der Waals surface area contributed by atoms with Crippen molar-refractivity contribution in [1.82, 2.24) is 5.32 Å². The molecule has 0 bridgehead atoms. The van der Waals surface area contributed by atoms with Crippen LogP contribution >= 0.6 is 0 Å². The molecule has 2 heteroatoms. The number of rotatable bonds is 6. The van der Waals surface area contributed by atoms with Crippen LogP contribution in [0.2, 0.25) is 0 Å². The van der Waals surface area contributed by atoms with Crippen molar-refractivity contribution in [3.8, 4) is 0 Å². The molecule has 1 aromatic carbocycles. The molecule has 0 saturated heterocycles. The molecule has 102 valence electrons. The first-order chi connectivity index (χ1) is 8.39. The Morgan fingerprint density at radius 3 is 2.56 bits per heavy atom. The zero-order valence-corrected chi connectivity index (χ0v) is 12.3. The number of hydrogen-bond acceptors (Lipinski definition) is 1. The van der Waals surface area contributed by atoms with E-state index in [9.17, 15) is 4.39 Å². The second-order valence-corrected chi connectivity index (χ2v) is 5.84. The molecular formula is C16H26FN. The Balaban J connectivity index is 2.92. The summed E-state index contributed by atoms with van der Waals surface area (Å²) in [6.07, 6.45) is 0.918. The summed E-state index contributed by atoms with van der Waals surface area (Å²) in [6.45, 7) is 12.9. The van der Waals surface area contributed by atoms with Crippen molar-refractivity contribution in [2.45, 2.75) is 41.0 Å². The van der Waals surface area contributed by atoms with E-state index in [-0.39, 0.29) is 11.2 Å². The van der Waals surface area contributed by atoms with Crippen molar-refractivity contribution in [1.29, 1.82) is 0 Å². The number of hydrogen-bond donors (Lipinski definition) is 1. The lowest BCUT2D eigenvalue weighted by Gasteiger charge is -2.35. The zero-order chi connectivity index (χ0) is 13.8. The predicted molar refractivity (Wildman–Crippen MR) is 76.3 cm³/mol. The molecule has 1 nitrogen and oxygen atoms in total. The van der Waals surface area contributed by atoms with Crippen LogP contribution in [0.4, 0.5) is 4.39 Å². The summed E-state index contributed by atoms with van der Waals surface area (Å²) in [5.41, 5.74) is 2.47. The molecule has 18 heavy (non-hydrogen) atoms. The van der Waals surface area contributed by atoms with Crippen LogP contribution in [0.3, 0.4) is 0 Å². The van der Waals surface area contributed by atoms with Crippen molar-refractivity contribution in [3.63, 3.8) is 0 Å². The fraction of sp³-hybridized carbons (Fsp3) is 0.625. The van der Waals surface area contributed by atoms with E-state index in [0.29, 0.717) is 5.92 Å². The highest BCUT2D eigenvalue weighted by molar-refractivity contribution is 5.27. The van der Waals surface area contributed by atoms with Gasteiger partial charge in [0.25, 0.3) is 0 Å². The molecule has 0 aliphatic heterocycles. The van der Waals surface area contributed by atoms with Crippen molar-refractivity contribution >= 4 is 0 Å². The van der Waals surface area contributed by atoms with Gasteiger partial charge < -0.3 is 5.32 Å². The van der Waals surface area contributed by atoms with Crippen LogP contribution in [0.5, 0.6) is 0 Å². The van der Waals surface area contributed by atoms with Gasteiger partial charge in [-0.2, -0.15) is 0 Å². The number of halogens is 1. The molecule has 0 aromatic heterocycles. The second kappa shape index (κ2) is 6.33. The molecule has 0 amide bonds. The summed E-state index contributed by atoms with van der Waals surface area (Å²) in [4.78, 5) is 0. The molecule has 0 saturated carbocycles. The summed E-state index contributed by atoms with van der Waals surface area (Å²) in [5, 5.41) is 3.43. The van der Waals surface area contributed by atoms with Gasteiger partial charge in [0.05, 0.1) is 0 Å². The van der Waals surface area contributed by atoms with Crippen LogP contribution < -0.4 is 5.32 Å². The monoisotopic (exact) mass is 251 g/mol. The topological polar surface area (TPSA) is 12.0 Å². The Morgan fingerprint density at radius 2 is 2.00 bits per heavy atom. The Labute approximate surface area is 111 Å². The molecule has 0 fully saturated rings. The Bertz CT molecular complexity index is 387. The molecule has 0 heterocycles. The average molecular weight is 251 g/mol. The normalized spacial score (nSPS) is 14.8. The number of benzene rings is 1. The Kier molecular flexibility index (Phi) is 5.33. The fourth-order valence-electron chi connectivity index (χ4n) is 2.15. The minimum absolute atomic E-state index is 0.134. The van der Waals surface area contributed by atoms with Gasteiger partial charge in [0.2, 0.25) is 0 Å². The minimum atomic E-state index is -0.134. The lowest BCUT2D eigenvalue weighted by Crippen LogP contribution is -2.38. The van der Waals surface area contributed by atoms with Crippen LogP contribution in [0.1, 0.15) is 38.8 Å². The number of nitrogens with one attached hydrogen (secondary N) is 1. The highest BCUT2D eigenvalue weighted by Crippen LogP contribution is 2.32. The molecule has 0 radical (unpaired) electrons. The molecule has 1 N–H and O–H groups in total. The SMILES string of the molecule is CCNCC(C)(Cc1cc(F)ccc1C)C(C)C. The van der Waals surface area contributed by atoms with Crippen LogP contribution in [0.15, 0.2) is 18.2 Å². The Morgan fingerprint density at radius 1 is 1.33 bits per heavy atom. The van der Waals surface area contributed by atoms with Crippen molar-refractivity contribution in [2.24, 2.45) is 11.3 Å². The van der Waals surface area contributed by atoms with Gasteiger partial charge in [-0.15, -0.1) is 0 Å². The largest absolute Gasteiger partial charge is 0.316 e. The van der Waals surface area contributed by atoms with Gasteiger partial charge in [-0.25, -0.2) is 4.39 Å². The van der Waals surface area contributed by atoms with E-state index in [4.69, 9.17) is 0 Å². The van der Waals surface area contributed by atoms with Gasteiger partial charge >= 0.3 is 0 Å². The third-order valence-corrected chi connectivity index (χ3v) is 4.08. The Hall–Kier alpha value is -0.890. The van der Waals surface area contributed by atoms with Crippen LogP contribution in [0, 0.1) is 24.1 Å². The summed E-state index contributed by atoms with van der Waals surface area (Å²) in [6, 6.07) is 5.09. The minimum Gasteiger partial charge on any atom is -0.316 e. The van der Waals surface area contributed by atoms with Crippen LogP contribution in [0.25, 0.3) is 0 Å². The smallest absolute Gasteiger partial charge is 0.123 e. The van der Waals surface area contributed by atoms with Crippen molar-refractivity contribution < 1.29 is 4.39 Å². The molecule has 0 aliphatic rings. The van der Waals surface area contributed by atoms with E-state index in [2.05, 4.69) is 39.9 Å². The van der Waals surface area contributed by atoms with E-state index in [1.165, 1.54) is 11.6 Å². The number of aryl methyl sites for hydroxylation is 1. The van der Waals surface area contributed by atoms with E-state index < -0.39 is 0 Å². The standard InChI is InChI=1S/C16H26FN/c1-6-18-11-16(5,12(2)3)10-14-9-15(17)8-7-13(14)4/h7-9,12,18H,6,10-11H2,1-5H3. The lowest BCUT2D eigenvalue weighted by atomic mass is 9.73. The van der Waals surface area contributed by atoms with Gasteiger partial charge in [0, 0.05) is 6.54 Å². The van der Waals surface area contributed by atoms with Crippen LogP contribution in [-0.2, 0) is 6.42 Å². The van der Waals surface area contributed by atoms with Gasteiger partial charge in [-0.3, -0.25) is 0 Å². The molecular weight excluding hydrogens is 225 g/mol. The van der Waals surface area contributed by atoms with Crippen molar-refractivity contribution in [2.75, 3.05) is 13.1 Å². The molecule has 0 aliphatic carbocycles. The summed E-state index contributed by atoms with van der Waals surface area (Å²) in [7, 11) is 0. The molecule has 1 rings (SSSR count). The zero-order valence-electron chi connectivity index (χ0n) is 12.3. The maximum absolute atomic E-state index is 13.4. The molecule has 1 aromatic rings. The maximum Gasteiger partial charge on any atom is 0.123 e. The first kappa shape index (κ1) is 15.2. The van der Waals surface area contributed by atoms with E-state index in [1.807, 2.05) is 6.07 Å². The van der Waals surface area contributed by atoms with Crippen LogP contribution in [-0.4, -0.2) is 13.1 Å². The molecule has 0 spiro atoms. The molecule has 1 atom stereocenters. The third-order valence-electron chi connectivity index (χ3n) is 4.08. The lowest BCUT2D eigenvalue weighted by molar-refractivity contribution is 0.208.